The molecule has 0 radical (unpaired) electrons. The zero-order chi connectivity index (χ0) is 15.7. The second-order valence-corrected chi connectivity index (χ2v) is 4.37. The minimum Gasteiger partial charge on any atom is -0.467 e. The van der Waals surface area contributed by atoms with Gasteiger partial charge >= 0.3 is 5.97 Å². The van der Waals surface area contributed by atoms with Gasteiger partial charge in [-0.05, 0) is 5.56 Å². The van der Waals surface area contributed by atoms with Crippen LogP contribution >= 0.6 is 0 Å². The van der Waals surface area contributed by atoms with Crippen molar-refractivity contribution in [3.05, 3.63) is 35.9 Å². The molecule has 0 fully saturated rings. The van der Waals surface area contributed by atoms with Crippen LogP contribution in [0.5, 0.6) is 0 Å². The molecule has 114 valence electrons. The van der Waals surface area contributed by atoms with E-state index in [1.165, 1.54) is 12.6 Å². The number of hydroxylamine groups is 1. The van der Waals surface area contributed by atoms with Crippen LogP contribution in [0.1, 0.15) is 18.4 Å². The number of methoxy groups -OCH3 is 1. The first-order chi connectivity index (χ1) is 10.1. The maximum Gasteiger partial charge on any atom is 0.328 e. The molecule has 0 spiro atoms. The third kappa shape index (κ3) is 6.05. The predicted octanol–water partition coefficient (Wildman–Crippen LogP) is 0.173. The molecule has 1 atom stereocenters. The van der Waals surface area contributed by atoms with Gasteiger partial charge in [0.25, 0.3) is 0 Å². The number of esters is 1. The van der Waals surface area contributed by atoms with Crippen molar-refractivity contribution < 1.29 is 24.3 Å². The maximum absolute atomic E-state index is 11.7. The van der Waals surface area contributed by atoms with Crippen LogP contribution in [0, 0.1) is 0 Å². The molecular formula is C14H18N2O5. The van der Waals surface area contributed by atoms with E-state index in [-0.39, 0.29) is 12.8 Å². The van der Waals surface area contributed by atoms with Gasteiger partial charge in [0.2, 0.25) is 11.8 Å². The highest BCUT2D eigenvalue weighted by Crippen LogP contribution is 2.05. The summed E-state index contributed by atoms with van der Waals surface area (Å²) in [5, 5.41) is 10.9. The van der Waals surface area contributed by atoms with Crippen molar-refractivity contribution in [3.63, 3.8) is 0 Å². The Kier molecular flexibility index (Phi) is 6.90. The summed E-state index contributed by atoms with van der Waals surface area (Å²) in [5.74, 6) is -1.69. The first-order valence-corrected chi connectivity index (χ1v) is 6.41. The Labute approximate surface area is 122 Å². The van der Waals surface area contributed by atoms with Crippen molar-refractivity contribution in [3.8, 4) is 0 Å². The summed E-state index contributed by atoms with van der Waals surface area (Å²) in [4.78, 5) is 34.2. The molecule has 3 N–H and O–H groups in total. The van der Waals surface area contributed by atoms with Gasteiger partial charge in [-0.25, -0.2) is 10.3 Å². The summed E-state index contributed by atoms with van der Waals surface area (Å²) in [5.41, 5.74) is 2.31. The van der Waals surface area contributed by atoms with Gasteiger partial charge in [0, 0.05) is 19.3 Å². The SMILES string of the molecule is COC(=O)[C@H](Cc1ccccc1)NC(=O)CCC(=O)NO. The van der Waals surface area contributed by atoms with Gasteiger partial charge in [0.1, 0.15) is 6.04 Å². The van der Waals surface area contributed by atoms with E-state index in [9.17, 15) is 14.4 Å². The van der Waals surface area contributed by atoms with Crippen LogP contribution in [-0.2, 0) is 25.5 Å². The molecule has 0 aliphatic rings. The average molecular weight is 294 g/mol. The molecule has 21 heavy (non-hydrogen) atoms. The molecule has 7 heteroatoms. The number of rotatable bonds is 7. The van der Waals surface area contributed by atoms with E-state index in [0.717, 1.165) is 5.56 Å². The quantitative estimate of drug-likeness (QED) is 0.378. The number of hydrogen-bond acceptors (Lipinski definition) is 5. The van der Waals surface area contributed by atoms with Gasteiger partial charge in [-0.3, -0.25) is 14.8 Å². The normalized spacial score (nSPS) is 11.3. The van der Waals surface area contributed by atoms with Crippen LogP contribution in [0.2, 0.25) is 0 Å². The van der Waals surface area contributed by atoms with Crippen LogP contribution in [0.4, 0.5) is 0 Å². The number of amides is 2. The number of benzene rings is 1. The van der Waals surface area contributed by atoms with Crippen LogP contribution in [0.3, 0.4) is 0 Å². The fraction of sp³-hybridized carbons (Fsp3) is 0.357. The highest BCUT2D eigenvalue weighted by atomic mass is 16.5. The molecule has 0 saturated carbocycles. The predicted molar refractivity (Wildman–Crippen MR) is 73.3 cm³/mol. The van der Waals surface area contributed by atoms with Gasteiger partial charge in [0.15, 0.2) is 0 Å². The van der Waals surface area contributed by atoms with Crippen molar-refractivity contribution in [2.45, 2.75) is 25.3 Å². The number of hydrogen-bond donors (Lipinski definition) is 3. The van der Waals surface area contributed by atoms with Crippen molar-refractivity contribution in [1.82, 2.24) is 10.8 Å². The zero-order valence-electron chi connectivity index (χ0n) is 11.7. The van der Waals surface area contributed by atoms with E-state index in [4.69, 9.17) is 5.21 Å². The molecule has 0 unspecified atom stereocenters. The molecule has 0 aliphatic heterocycles. The van der Waals surface area contributed by atoms with Crippen LogP contribution in [0.15, 0.2) is 30.3 Å². The molecule has 0 aromatic heterocycles. The Balaban J connectivity index is 2.60. The summed E-state index contributed by atoms with van der Waals surface area (Å²) in [6.45, 7) is 0. The molecule has 2 amide bonds. The smallest absolute Gasteiger partial charge is 0.328 e. The maximum atomic E-state index is 11.7. The molecule has 0 heterocycles. The lowest BCUT2D eigenvalue weighted by atomic mass is 10.1. The van der Waals surface area contributed by atoms with E-state index in [0.29, 0.717) is 6.42 Å². The third-order valence-corrected chi connectivity index (χ3v) is 2.81. The van der Waals surface area contributed by atoms with Crippen molar-refractivity contribution in [2.24, 2.45) is 0 Å². The van der Waals surface area contributed by atoms with Crippen molar-refractivity contribution >= 4 is 17.8 Å². The summed E-state index contributed by atoms with van der Waals surface area (Å²) in [6.07, 6.45) is 0.00168. The van der Waals surface area contributed by atoms with Gasteiger partial charge in [-0.1, -0.05) is 30.3 Å². The fourth-order valence-corrected chi connectivity index (χ4v) is 1.73. The minimum atomic E-state index is -0.818. The standard InChI is InChI=1S/C14H18N2O5/c1-21-14(19)11(9-10-5-3-2-4-6-10)15-12(17)7-8-13(18)16-20/h2-6,11,20H,7-9H2,1H3,(H,15,17)(H,16,18)/t11-/m0/s1. The van der Waals surface area contributed by atoms with E-state index >= 15 is 0 Å². The number of ether oxygens (including phenoxy) is 1. The molecule has 1 rings (SSSR count). The van der Waals surface area contributed by atoms with Crippen LogP contribution < -0.4 is 10.8 Å². The number of carbonyl (C=O) groups excluding carboxylic acids is 3. The second kappa shape index (κ2) is 8.70. The molecule has 1 aromatic carbocycles. The lowest BCUT2D eigenvalue weighted by molar-refractivity contribution is -0.145. The Bertz CT molecular complexity index is 489. The Morgan fingerprint density at radius 3 is 2.33 bits per heavy atom. The minimum absolute atomic E-state index is 0.130. The molecular weight excluding hydrogens is 276 g/mol. The largest absolute Gasteiger partial charge is 0.467 e. The third-order valence-electron chi connectivity index (χ3n) is 2.81. The van der Waals surface area contributed by atoms with Crippen LogP contribution in [-0.4, -0.2) is 36.1 Å². The zero-order valence-corrected chi connectivity index (χ0v) is 11.7. The summed E-state index contributed by atoms with van der Waals surface area (Å²) >= 11 is 0. The van der Waals surface area contributed by atoms with Crippen molar-refractivity contribution in [1.29, 1.82) is 0 Å². The Morgan fingerprint density at radius 2 is 1.76 bits per heavy atom. The first-order valence-electron chi connectivity index (χ1n) is 6.41. The van der Waals surface area contributed by atoms with Crippen LogP contribution in [0.25, 0.3) is 0 Å². The number of carbonyl (C=O) groups is 3. The van der Waals surface area contributed by atoms with Gasteiger partial charge < -0.3 is 10.1 Å². The lowest BCUT2D eigenvalue weighted by Gasteiger charge is -2.16. The highest BCUT2D eigenvalue weighted by Gasteiger charge is 2.22. The highest BCUT2D eigenvalue weighted by molar-refractivity contribution is 5.87. The van der Waals surface area contributed by atoms with E-state index in [1.807, 2.05) is 30.3 Å². The van der Waals surface area contributed by atoms with Gasteiger partial charge in [-0.2, -0.15) is 0 Å². The Hall–Kier alpha value is -2.41. The van der Waals surface area contributed by atoms with E-state index < -0.39 is 23.8 Å². The first kappa shape index (κ1) is 16.6. The molecule has 0 saturated heterocycles. The molecule has 7 nitrogen and oxygen atoms in total. The topological polar surface area (TPSA) is 105 Å². The van der Waals surface area contributed by atoms with Crippen molar-refractivity contribution in [2.75, 3.05) is 7.11 Å². The van der Waals surface area contributed by atoms with E-state index in [1.54, 1.807) is 0 Å². The lowest BCUT2D eigenvalue weighted by Crippen LogP contribution is -2.43. The number of nitrogens with one attached hydrogen (secondary N) is 2. The summed E-state index contributed by atoms with van der Waals surface area (Å²) in [6, 6.07) is 8.36. The summed E-state index contributed by atoms with van der Waals surface area (Å²) < 4.78 is 4.66. The molecule has 1 aromatic rings. The van der Waals surface area contributed by atoms with E-state index in [2.05, 4.69) is 10.1 Å². The monoisotopic (exact) mass is 294 g/mol. The van der Waals surface area contributed by atoms with Gasteiger partial charge in [0.05, 0.1) is 7.11 Å². The van der Waals surface area contributed by atoms with Gasteiger partial charge in [-0.15, -0.1) is 0 Å². The second-order valence-electron chi connectivity index (χ2n) is 4.37. The molecule has 0 aliphatic carbocycles. The summed E-state index contributed by atoms with van der Waals surface area (Å²) in [7, 11) is 1.24. The fourth-order valence-electron chi connectivity index (χ4n) is 1.73. The molecule has 0 bridgehead atoms. The average Bonchev–Trinajstić information content (AvgIpc) is 2.52. The Morgan fingerprint density at radius 1 is 1.14 bits per heavy atom.